The zero-order valence-corrected chi connectivity index (χ0v) is 9.99. The molecular formula is C10H12N4O4. The molecule has 0 aromatic carbocycles. The van der Waals surface area contributed by atoms with Crippen LogP contribution in [0.3, 0.4) is 0 Å². The van der Waals surface area contributed by atoms with Crippen molar-refractivity contribution in [2.45, 2.75) is 6.54 Å². The third kappa shape index (κ3) is 1.71. The summed E-state index contributed by atoms with van der Waals surface area (Å²) < 4.78 is 8.44. The van der Waals surface area contributed by atoms with Gasteiger partial charge in [-0.05, 0) is 0 Å². The Kier molecular flexibility index (Phi) is 3.00. The van der Waals surface area contributed by atoms with Gasteiger partial charge in [0.2, 0.25) is 0 Å². The van der Waals surface area contributed by atoms with E-state index in [1.54, 1.807) is 11.6 Å². The molecule has 8 heteroatoms. The minimum absolute atomic E-state index is 0.140. The molecule has 0 unspecified atom stereocenters. The number of nitrogens with zero attached hydrogens (tertiary/aromatic N) is 4. The zero-order chi connectivity index (χ0) is 13.3. The van der Waals surface area contributed by atoms with E-state index in [-0.39, 0.29) is 6.61 Å². The molecule has 2 rings (SSSR count). The van der Waals surface area contributed by atoms with Gasteiger partial charge in [0.15, 0.2) is 11.2 Å². The molecule has 2 heterocycles. The molecule has 96 valence electrons. The van der Waals surface area contributed by atoms with Crippen molar-refractivity contribution in [1.82, 2.24) is 18.7 Å². The largest absolute Gasteiger partial charge is 0.466 e. The highest BCUT2D eigenvalue weighted by atomic mass is 16.5. The van der Waals surface area contributed by atoms with Crippen molar-refractivity contribution >= 4 is 17.6 Å². The van der Waals surface area contributed by atoms with E-state index in [1.165, 1.54) is 17.9 Å². The Morgan fingerprint density at radius 3 is 2.72 bits per heavy atom. The van der Waals surface area contributed by atoms with Gasteiger partial charge >= 0.3 is 5.69 Å². The second kappa shape index (κ2) is 4.47. The summed E-state index contributed by atoms with van der Waals surface area (Å²) in [7, 11) is 2.95. The van der Waals surface area contributed by atoms with E-state index in [0.717, 1.165) is 4.57 Å². The number of aryl methyl sites for hydroxylation is 1. The molecule has 0 amide bonds. The normalized spacial score (nSPS) is 10.8. The van der Waals surface area contributed by atoms with Crippen molar-refractivity contribution in [3.05, 3.63) is 27.2 Å². The van der Waals surface area contributed by atoms with E-state index in [4.69, 9.17) is 0 Å². The predicted octanol–water partition coefficient (Wildman–Crippen LogP) is -1.39. The van der Waals surface area contributed by atoms with Crippen molar-refractivity contribution in [2.24, 2.45) is 14.1 Å². The molecule has 18 heavy (non-hydrogen) atoms. The third-order valence-electron chi connectivity index (χ3n) is 2.74. The maximum Gasteiger partial charge on any atom is 0.332 e. The van der Waals surface area contributed by atoms with Crippen LogP contribution in [0.5, 0.6) is 0 Å². The molecule has 0 radical (unpaired) electrons. The molecule has 0 N–H and O–H groups in total. The molecule has 0 bridgehead atoms. The number of hydrogen-bond donors (Lipinski definition) is 0. The zero-order valence-electron chi connectivity index (χ0n) is 9.99. The maximum absolute atomic E-state index is 12.0. The van der Waals surface area contributed by atoms with Crippen LogP contribution >= 0.6 is 0 Å². The highest BCUT2D eigenvalue weighted by molar-refractivity contribution is 5.69. The molecule has 0 saturated heterocycles. The monoisotopic (exact) mass is 252 g/mol. The average molecular weight is 252 g/mol. The summed E-state index contributed by atoms with van der Waals surface area (Å²) in [6.07, 6.45) is 1.44. The average Bonchev–Trinajstić information content (AvgIpc) is 2.78. The van der Waals surface area contributed by atoms with E-state index in [0.29, 0.717) is 24.2 Å². The van der Waals surface area contributed by atoms with Crippen LogP contribution in [0, 0.1) is 0 Å². The van der Waals surface area contributed by atoms with Crippen LogP contribution in [0.2, 0.25) is 0 Å². The molecule has 8 nitrogen and oxygen atoms in total. The first-order valence-electron chi connectivity index (χ1n) is 5.24. The lowest BCUT2D eigenvalue weighted by Crippen LogP contribution is -2.37. The van der Waals surface area contributed by atoms with Crippen molar-refractivity contribution in [2.75, 3.05) is 6.61 Å². The van der Waals surface area contributed by atoms with E-state index < -0.39 is 11.2 Å². The summed E-state index contributed by atoms with van der Waals surface area (Å²) in [6.45, 7) is 0.788. The number of rotatable bonds is 4. The number of imidazole rings is 1. The summed E-state index contributed by atoms with van der Waals surface area (Å²) in [4.78, 5) is 37.8. The standard InChI is InChI=1S/C10H12N4O4/c1-12-8-7(9(16)13(2)10(12)17)14(5-11-8)3-4-18-6-15/h5-6H,3-4H2,1-2H3. The smallest absolute Gasteiger partial charge is 0.332 e. The summed E-state index contributed by atoms with van der Waals surface area (Å²) >= 11 is 0. The first kappa shape index (κ1) is 12.1. The predicted molar refractivity (Wildman–Crippen MR) is 62.2 cm³/mol. The second-order valence-electron chi connectivity index (χ2n) is 3.78. The molecule has 0 fully saturated rings. The Morgan fingerprint density at radius 2 is 2.06 bits per heavy atom. The highest BCUT2D eigenvalue weighted by Crippen LogP contribution is 2.04. The Bertz CT molecular complexity index is 709. The molecular weight excluding hydrogens is 240 g/mol. The minimum atomic E-state index is -0.429. The first-order chi connectivity index (χ1) is 8.57. The Hall–Kier alpha value is -2.38. The van der Waals surface area contributed by atoms with Crippen LogP contribution < -0.4 is 11.2 Å². The lowest BCUT2D eigenvalue weighted by atomic mass is 10.5. The summed E-state index contributed by atoms with van der Waals surface area (Å²) in [6, 6.07) is 0. The SMILES string of the molecule is Cn1c(=O)c2c(ncn2CCOC=O)n(C)c1=O. The van der Waals surface area contributed by atoms with Gasteiger partial charge < -0.3 is 9.30 Å². The number of aromatic nitrogens is 4. The van der Waals surface area contributed by atoms with Crippen LogP contribution in [0.25, 0.3) is 11.2 Å². The molecule has 2 aromatic heterocycles. The minimum Gasteiger partial charge on any atom is -0.466 e. The summed E-state index contributed by atoms with van der Waals surface area (Å²) in [5.41, 5.74) is -0.220. The van der Waals surface area contributed by atoms with Crippen LogP contribution in [0.1, 0.15) is 0 Å². The first-order valence-corrected chi connectivity index (χ1v) is 5.24. The van der Waals surface area contributed by atoms with Gasteiger partial charge in [-0.1, -0.05) is 0 Å². The van der Waals surface area contributed by atoms with Crippen LogP contribution in [-0.2, 0) is 30.2 Å². The number of carbonyl (C=O) groups excluding carboxylic acids is 1. The molecule has 0 aliphatic rings. The van der Waals surface area contributed by atoms with Gasteiger partial charge in [0.05, 0.1) is 12.9 Å². The van der Waals surface area contributed by atoms with Gasteiger partial charge in [0.1, 0.15) is 6.61 Å². The van der Waals surface area contributed by atoms with Gasteiger partial charge in [0.25, 0.3) is 12.0 Å². The highest BCUT2D eigenvalue weighted by Gasteiger charge is 2.13. The third-order valence-corrected chi connectivity index (χ3v) is 2.74. The van der Waals surface area contributed by atoms with E-state index in [9.17, 15) is 14.4 Å². The quantitative estimate of drug-likeness (QED) is 0.493. The van der Waals surface area contributed by atoms with Crippen molar-refractivity contribution in [1.29, 1.82) is 0 Å². The van der Waals surface area contributed by atoms with Gasteiger partial charge in [-0.3, -0.25) is 18.7 Å². The van der Waals surface area contributed by atoms with E-state index in [1.807, 2.05) is 0 Å². The fourth-order valence-corrected chi connectivity index (χ4v) is 1.77. The fraction of sp³-hybridized carbons (Fsp3) is 0.400. The summed E-state index contributed by atoms with van der Waals surface area (Å²) in [5, 5.41) is 0. The fourth-order valence-electron chi connectivity index (χ4n) is 1.77. The van der Waals surface area contributed by atoms with Gasteiger partial charge in [0, 0.05) is 14.1 Å². The molecule has 0 saturated carbocycles. The Balaban J connectivity index is 2.62. The van der Waals surface area contributed by atoms with Gasteiger partial charge in [-0.25, -0.2) is 9.78 Å². The molecule has 0 aliphatic carbocycles. The molecule has 0 aliphatic heterocycles. The van der Waals surface area contributed by atoms with Gasteiger partial charge in [-0.2, -0.15) is 0 Å². The molecule has 2 aromatic rings. The van der Waals surface area contributed by atoms with E-state index >= 15 is 0 Å². The van der Waals surface area contributed by atoms with Gasteiger partial charge in [-0.15, -0.1) is 0 Å². The number of hydrogen-bond acceptors (Lipinski definition) is 5. The lowest BCUT2D eigenvalue weighted by Gasteiger charge is -2.05. The number of ether oxygens (including phenoxy) is 1. The lowest BCUT2D eigenvalue weighted by molar-refractivity contribution is -0.128. The second-order valence-corrected chi connectivity index (χ2v) is 3.78. The van der Waals surface area contributed by atoms with E-state index in [2.05, 4.69) is 9.72 Å². The Morgan fingerprint density at radius 1 is 1.33 bits per heavy atom. The maximum atomic E-state index is 12.0. The van der Waals surface area contributed by atoms with Crippen LogP contribution in [0.15, 0.2) is 15.9 Å². The van der Waals surface area contributed by atoms with Crippen LogP contribution in [0.4, 0.5) is 0 Å². The number of carbonyl (C=O) groups is 1. The molecule has 0 spiro atoms. The van der Waals surface area contributed by atoms with Crippen molar-refractivity contribution in [3.63, 3.8) is 0 Å². The summed E-state index contributed by atoms with van der Waals surface area (Å²) in [5.74, 6) is 0. The van der Waals surface area contributed by atoms with Crippen molar-refractivity contribution in [3.8, 4) is 0 Å². The Labute approximate surface area is 101 Å². The number of fused-ring (bicyclic) bond motifs is 1. The molecule has 0 atom stereocenters. The van der Waals surface area contributed by atoms with Crippen LogP contribution in [-0.4, -0.2) is 31.8 Å². The van der Waals surface area contributed by atoms with Crippen molar-refractivity contribution < 1.29 is 9.53 Å². The topological polar surface area (TPSA) is 88.1 Å².